The van der Waals surface area contributed by atoms with E-state index in [4.69, 9.17) is 0 Å². The third-order valence-electron chi connectivity index (χ3n) is 4.24. The van der Waals surface area contributed by atoms with Gasteiger partial charge >= 0.3 is 0 Å². The fourth-order valence-electron chi connectivity index (χ4n) is 3.67. The first-order chi connectivity index (χ1) is 7.63. The number of nitrogens with zero attached hydrogens (tertiary/aromatic N) is 1. The van der Waals surface area contributed by atoms with Crippen molar-refractivity contribution in [1.29, 1.82) is 0 Å². The van der Waals surface area contributed by atoms with Gasteiger partial charge < -0.3 is 0 Å². The second-order valence-corrected chi connectivity index (χ2v) is 5.90. The van der Waals surface area contributed by atoms with Gasteiger partial charge in [-0.15, -0.1) is 0 Å². The first-order valence-electron chi connectivity index (χ1n) is 6.69. The average Bonchev–Trinajstić information content (AvgIpc) is 2.14. The Balaban J connectivity index is 1.83. The summed E-state index contributed by atoms with van der Waals surface area (Å²) in [5.74, 6) is 0. The molecule has 3 fully saturated rings. The Labute approximate surface area is 98.1 Å². The van der Waals surface area contributed by atoms with Gasteiger partial charge in [0.15, 0.2) is 0 Å². The standard InChI is InChI=1S/C12H24N4/c1-7-4-10-14-9(3)6-12-15-8(2)5-11(13-7)16(10)12/h7-15H,4-6H2,1-3H3/t7-,8-,9-,10-,11-,12-/m0/s1. The van der Waals surface area contributed by atoms with E-state index in [0.717, 1.165) is 0 Å². The zero-order valence-electron chi connectivity index (χ0n) is 10.5. The first kappa shape index (κ1) is 11.0. The summed E-state index contributed by atoms with van der Waals surface area (Å²) >= 11 is 0. The number of hydrogen-bond donors (Lipinski definition) is 3. The smallest absolute Gasteiger partial charge is 0.0642 e. The minimum atomic E-state index is 0.565. The maximum Gasteiger partial charge on any atom is 0.0642 e. The lowest BCUT2D eigenvalue weighted by Gasteiger charge is -2.57. The Morgan fingerprint density at radius 2 is 1.00 bits per heavy atom. The van der Waals surface area contributed by atoms with E-state index in [1.165, 1.54) is 19.3 Å². The van der Waals surface area contributed by atoms with Crippen molar-refractivity contribution < 1.29 is 0 Å². The molecule has 0 unspecified atom stereocenters. The molecular weight excluding hydrogens is 200 g/mol. The van der Waals surface area contributed by atoms with Crippen LogP contribution in [0.2, 0.25) is 0 Å². The third kappa shape index (κ3) is 1.78. The Kier molecular flexibility index (Phi) is 2.70. The molecule has 3 aliphatic rings. The molecule has 3 aliphatic heterocycles. The summed E-state index contributed by atoms with van der Waals surface area (Å²) in [7, 11) is 0. The summed E-state index contributed by atoms with van der Waals surface area (Å²) < 4.78 is 0. The summed E-state index contributed by atoms with van der Waals surface area (Å²) in [6.07, 6.45) is 5.34. The van der Waals surface area contributed by atoms with Crippen molar-refractivity contribution in [3.8, 4) is 0 Å². The van der Waals surface area contributed by atoms with Gasteiger partial charge in [-0.3, -0.25) is 20.9 Å². The second-order valence-electron chi connectivity index (χ2n) is 5.90. The van der Waals surface area contributed by atoms with E-state index in [9.17, 15) is 0 Å². The molecule has 0 aromatic rings. The van der Waals surface area contributed by atoms with Gasteiger partial charge in [-0.05, 0) is 40.0 Å². The molecule has 3 rings (SSSR count). The highest BCUT2D eigenvalue weighted by Gasteiger charge is 2.45. The quantitative estimate of drug-likeness (QED) is 0.557. The van der Waals surface area contributed by atoms with Crippen molar-refractivity contribution in [3.63, 3.8) is 0 Å². The van der Waals surface area contributed by atoms with Gasteiger partial charge in [-0.2, -0.15) is 0 Å². The summed E-state index contributed by atoms with van der Waals surface area (Å²) in [6.45, 7) is 6.92. The highest BCUT2D eigenvalue weighted by Crippen LogP contribution is 2.29. The molecule has 0 saturated carbocycles. The molecule has 0 aromatic heterocycles. The molecule has 0 radical (unpaired) electrons. The van der Waals surface area contributed by atoms with Gasteiger partial charge in [0.1, 0.15) is 0 Å². The van der Waals surface area contributed by atoms with Gasteiger partial charge in [0.05, 0.1) is 18.5 Å². The van der Waals surface area contributed by atoms with Crippen LogP contribution in [-0.2, 0) is 0 Å². The molecule has 0 bridgehead atoms. The van der Waals surface area contributed by atoms with Gasteiger partial charge in [0, 0.05) is 18.1 Å². The highest BCUT2D eigenvalue weighted by molar-refractivity contribution is 4.99. The molecular formula is C12H24N4. The largest absolute Gasteiger partial charge is 0.299 e. The number of hydrogen-bond acceptors (Lipinski definition) is 4. The van der Waals surface area contributed by atoms with Gasteiger partial charge in [0.25, 0.3) is 0 Å². The molecule has 6 atom stereocenters. The predicted molar refractivity (Wildman–Crippen MR) is 64.8 cm³/mol. The number of nitrogens with one attached hydrogen (secondary N) is 3. The summed E-state index contributed by atoms with van der Waals surface area (Å²) in [5, 5.41) is 11.2. The first-order valence-corrected chi connectivity index (χ1v) is 6.69. The number of rotatable bonds is 0. The fourth-order valence-corrected chi connectivity index (χ4v) is 3.67. The summed E-state index contributed by atoms with van der Waals surface area (Å²) in [4.78, 5) is 2.62. The second kappa shape index (κ2) is 3.95. The molecule has 0 amide bonds. The van der Waals surface area contributed by atoms with E-state index < -0.39 is 0 Å². The molecule has 0 aliphatic carbocycles. The molecule has 0 spiro atoms. The van der Waals surface area contributed by atoms with Gasteiger partial charge in [-0.1, -0.05) is 0 Å². The normalized spacial score (nSPS) is 53.4. The molecule has 3 N–H and O–H groups in total. The van der Waals surface area contributed by atoms with Crippen LogP contribution in [0.25, 0.3) is 0 Å². The van der Waals surface area contributed by atoms with Crippen LogP contribution in [0, 0.1) is 0 Å². The maximum absolute atomic E-state index is 3.74. The van der Waals surface area contributed by atoms with E-state index >= 15 is 0 Å². The Bertz CT molecular complexity index is 209. The van der Waals surface area contributed by atoms with Gasteiger partial charge in [-0.25, -0.2) is 0 Å². The van der Waals surface area contributed by atoms with Crippen LogP contribution < -0.4 is 16.0 Å². The average molecular weight is 224 g/mol. The van der Waals surface area contributed by atoms with Gasteiger partial charge in [0.2, 0.25) is 0 Å². The minimum absolute atomic E-state index is 0.565. The van der Waals surface area contributed by atoms with Crippen molar-refractivity contribution >= 4 is 0 Å². The van der Waals surface area contributed by atoms with E-state index in [1.807, 2.05) is 0 Å². The predicted octanol–water partition coefficient (Wildman–Crippen LogP) is 0.412. The topological polar surface area (TPSA) is 39.3 Å². The molecule has 92 valence electrons. The maximum atomic E-state index is 3.74. The monoisotopic (exact) mass is 224 g/mol. The van der Waals surface area contributed by atoms with Crippen LogP contribution in [0.3, 0.4) is 0 Å². The molecule has 4 heteroatoms. The molecule has 16 heavy (non-hydrogen) atoms. The van der Waals surface area contributed by atoms with Crippen LogP contribution in [0.5, 0.6) is 0 Å². The SMILES string of the molecule is C[C@H]1C[C@H]2N[C@@H](C)C[C@H]3N[C@@H](C)C[C@@H](N1)N32. The molecule has 3 heterocycles. The lowest BCUT2D eigenvalue weighted by molar-refractivity contribution is -0.0841. The molecule has 4 nitrogen and oxygen atoms in total. The zero-order valence-corrected chi connectivity index (χ0v) is 10.5. The van der Waals surface area contributed by atoms with E-state index in [-0.39, 0.29) is 0 Å². The fraction of sp³-hybridized carbons (Fsp3) is 1.00. The highest BCUT2D eigenvalue weighted by atomic mass is 15.5. The van der Waals surface area contributed by atoms with Crippen molar-refractivity contribution in [2.45, 2.75) is 76.7 Å². The Hall–Kier alpha value is -0.160. The van der Waals surface area contributed by atoms with Crippen LogP contribution in [0.1, 0.15) is 40.0 Å². The summed E-state index contributed by atoms with van der Waals surface area (Å²) in [6, 6.07) is 1.90. The van der Waals surface area contributed by atoms with E-state index in [0.29, 0.717) is 36.6 Å². The third-order valence-corrected chi connectivity index (χ3v) is 4.24. The summed E-state index contributed by atoms with van der Waals surface area (Å²) in [5.41, 5.74) is 0. The lowest BCUT2D eigenvalue weighted by atomic mass is 9.94. The Morgan fingerprint density at radius 1 is 0.688 bits per heavy atom. The van der Waals surface area contributed by atoms with E-state index in [2.05, 4.69) is 41.6 Å². The van der Waals surface area contributed by atoms with Crippen LogP contribution in [0.15, 0.2) is 0 Å². The zero-order chi connectivity index (χ0) is 11.3. The van der Waals surface area contributed by atoms with Crippen molar-refractivity contribution in [2.75, 3.05) is 0 Å². The van der Waals surface area contributed by atoms with Crippen molar-refractivity contribution in [2.24, 2.45) is 0 Å². The minimum Gasteiger partial charge on any atom is -0.299 e. The van der Waals surface area contributed by atoms with E-state index in [1.54, 1.807) is 0 Å². The van der Waals surface area contributed by atoms with Crippen LogP contribution in [-0.4, -0.2) is 41.5 Å². The van der Waals surface area contributed by atoms with Crippen molar-refractivity contribution in [1.82, 2.24) is 20.9 Å². The molecule has 3 saturated heterocycles. The molecule has 0 aromatic carbocycles. The van der Waals surface area contributed by atoms with Crippen LogP contribution in [0.4, 0.5) is 0 Å². The van der Waals surface area contributed by atoms with Crippen LogP contribution >= 0.6 is 0 Å². The lowest BCUT2D eigenvalue weighted by Crippen LogP contribution is -2.76. The Morgan fingerprint density at radius 3 is 1.31 bits per heavy atom. The van der Waals surface area contributed by atoms with Crippen molar-refractivity contribution in [3.05, 3.63) is 0 Å².